The number of halogens is 1. The SMILES string of the molecule is CC.CCOC(=O)C(Cc1ccc(Br)cc1)(C(=O)OCC)n1cccn1. The molecule has 0 saturated heterocycles. The highest BCUT2D eigenvalue weighted by Gasteiger charge is 2.51. The summed E-state index contributed by atoms with van der Waals surface area (Å²) < 4.78 is 12.6. The molecule has 0 radical (unpaired) electrons. The van der Waals surface area contributed by atoms with E-state index in [0.717, 1.165) is 10.0 Å². The number of benzene rings is 1. The van der Waals surface area contributed by atoms with Crippen molar-refractivity contribution in [3.8, 4) is 0 Å². The van der Waals surface area contributed by atoms with Crippen LogP contribution >= 0.6 is 15.9 Å². The highest BCUT2D eigenvalue weighted by atomic mass is 79.9. The van der Waals surface area contributed by atoms with Crippen molar-refractivity contribution in [3.05, 3.63) is 52.8 Å². The Hall–Kier alpha value is -2.15. The topological polar surface area (TPSA) is 70.4 Å². The third-order valence-corrected chi connectivity index (χ3v) is 4.02. The van der Waals surface area contributed by atoms with E-state index in [2.05, 4.69) is 21.0 Å². The zero-order chi connectivity index (χ0) is 19.6. The average molecular weight is 425 g/mol. The Bertz CT molecular complexity index is 666. The van der Waals surface area contributed by atoms with Gasteiger partial charge < -0.3 is 9.47 Å². The van der Waals surface area contributed by atoms with Crippen molar-refractivity contribution in [2.45, 2.75) is 39.7 Å². The standard InChI is InChI=1S/C17H19BrN2O4.C2H6/c1-3-23-15(21)17(16(22)24-4-2,20-11-5-10-19-20)12-13-6-8-14(18)9-7-13;1-2/h5-11H,3-4,12H2,1-2H3;1-2H3. The molecule has 2 rings (SSSR count). The van der Waals surface area contributed by atoms with Gasteiger partial charge in [0.05, 0.1) is 13.2 Å². The molecule has 1 aromatic heterocycles. The number of esters is 2. The van der Waals surface area contributed by atoms with Crippen molar-refractivity contribution in [3.63, 3.8) is 0 Å². The Morgan fingerprint density at radius 1 is 1.08 bits per heavy atom. The van der Waals surface area contributed by atoms with Crippen LogP contribution in [0, 0.1) is 0 Å². The van der Waals surface area contributed by atoms with Crippen LogP contribution in [0.2, 0.25) is 0 Å². The zero-order valence-corrected chi connectivity index (χ0v) is 17.2. The van der Waals surface area contributed by atoms with Crippen molar-refractivity contribution in [2.75, 3.05) is 13.2 Å². The zero-order valence-electron chi connectivity index (χ0n) is 15.6. The molecule has 2 aromatic rings. The van der Waals surface area contributed by atoms with Gasteiger partial charge in [0.1, 0.15) is 0 Å². The van der Waals surface area contributed by atoms with Crippen molar-refractivity contribution >= 4 is 27.9 Å². The highest BCUT2D eigenvalue weighted by Crippen LogP contribution is 2.27. The molecule has 1 heterocycles. The summed E-state index contributed by atoms with van der Waals surface area (Å²) in [7, 11) is 0. The molecule has 0 bridgehead atoms. The molecule has 0 atom stereocenters. The van der Waals surface area contributed by atoms with Gasteiger partial charge in [0.15, 0.2) is 0 Å². The van der Waals surface area contributed by atoms with Gasteiger partial charge in [-0.05, 0) is 37.6 Å². The number of hydrogen-bond acceptors (Lipinski definition) is 5. The molecule has 0 aliphatic rings. The van der Waals surface area contributed by atoms with Gasteiger partial charge in [-0.25, -0.2) is 14.3 Å². The van der Waals surface area contributed by atoms with E-state index < -0.39 is 17.5 Å². The van der Waals surface area contributed by atoms with Crippen LogP contribution in [0.4, 0.5) is 0 Å². The Labute approximate surface area is 162 Å². The Morgan fingerprint density at radius 2 is 1.62 bits per heavy atom. The number of rotatable bonds is 7. The maximum Gasteiger partial charge on any atom is 0.346 e. The molecule has 0 N–H and O–H groups in total. The number of nitrogens with zero attached hydrogens (tertiary/aromatic N) is 2. The second-order valence-electron chi connectivity index (χ2n) is 5.06. The summed E-state index contributed by atoms with van der Waals surface area (Å²) in [6.45, 7) is 7.69. The smallest absolute Gasteiger partial charge is 0.346 e. The fraction of sp³-hybridized carbons (Fsp3) is 0.421. The molecule has 26 heavy (non-hydrogen) atoms. The van der Waals surface area contributed by atoms with E-state index in [1.807, 2.05) is 38.1 Å². The summed E-state index contributed by atoms with van der Waals surface area (Å²) >= 11 is 3.37. The Morgan fingerprint density at radius 3 is 2.04 bits per heavy atom. The molecule has 0 aliphatic carbocycles. The summed E-state index contributed by atoms with van der Waals surface area (Å²) in [6.07, 6.45) is 3.15. The number of ether oxygens (including phenoxy) is 2. The van der Waals surface area contributed by atoms with Gasteiger partial charge in [-0.3, -0.25) is 0 Å². The van der Waals surface area contributed by atoms with Gasteiger partial charge in [0.25, 0.3) is 5.54 Å². The van der Waals surface area contributed by atoms with E-state index in [-0.39, 0.29) is 19.6 Å². The fourth-order valence-electron chi connectivity index (χ4n) is 2.39. The summed E-state index contributed by atoms with van der Waals surface area (Å²) in [5.41, 5.74) is -0.904. The number of aromatic nitrogens is 2. The van der Waals surface area contributed by atoms with Crippen LogP contribution in [0.3, 0.4) is 0 Å². The summed E-state index contributed by atoms with van der Waals surface area (Å²) in [6, 6.07) is 9.01. The number of carbonyl (C=O) groups is 2. The molecular formula is C19H25BrN2O4. The van der Waals surface area contributed by atoms with Crippen molar-refractivity contribution in [1.29, 1.82) is 0 Å². The first-order chi connectivity index (χ1) is 12.5. The maximum absolute atomic E-state index is 12.8. The van der Waals surface area contributed by atoms with Gasteiger partial charge >= 0.3 is 11.9 Å². The second-order valence-corrected chi connectivity index (χ2v) is 5.97. The van der Waals surface area contributed by atoms with E-state index in [4.69, 9.17) is 9.47 Å². The van der Waals surface area contributed by atoms with Gasteiger partial charge in [-0.2, -0.15) is 5.10 Å². The minimum Gasteiger partial charge on any atom is -0.464 e. The third-order valence-electron chi connectivity index (χ3n) is 3.49. The van der Waals surface area contributed by atoms with Crippen LogP contribution in [0.5, 0.6) is 0 Å². The summed E-state index contributed by atoms with van der Waals surface area (Å²) in [5, 5.41) is 4.11. The van der Waals surface area contributed by atoms with E-state index >= 15 is 0 Å². The molecule has 1 aromatic carbocycles. The predicted octanol–water partition coefficient (Wildman–Crippen LogP) is 3.74. The molecule has 0 fully saturated rings. The largest absolute Gasteiger partial charge is 0.464 e. The van der Waals surface area contributed by atoms with Crippen LogP contribution in [0.15, 0.2) is 47.2 Å². The maximum atomic E-state index is 12.8. The van der Waals surface area contributed by atoms with E-state index in [9.17, 15) is 9.59 Å². The first-order valence-corrected chi connectivity index (χ1v) is 9.43. The Balaban J connectivity index is 0.00000163. The quantitative estimate of drug-likeness (QED) is 0.500. The normalized spacial score (nSPS) is 10.5. The predicted molar refractivity (Wildman–Crippen MR) is 103 cm³/mol. The molecule has 7 heteroatoms. The van der Waals surface area contributed by atoms with E-state index in [1.54, 1.807) is 26.1 Å². The van der Waals surface area contributed by atoms with Crippen LogP contribution in [0.25, 0.3) is 0 Å². The van der Waals surface area contributed by atoms with Gasteiger partial charge in [0, 0.05) is 23.3 Å². The van der Waals surface area contributed by atoms with Crippen LogP contribution in [-0.2, 0) is 31.0 Å². The van der Waals surface area contributed by atoms with Crippen LogP contribution in [0.1, 0.15) is 33.3 Å². The fourth-order valence-corrected chi connectivity index (χ4v) is 2.65. The first-order valence-electron chi connectivity index (χ1n) is 8.63. The molecular weight excluding hydrogens is 400 g/mol. The molecule has 142 valence electrons. The lowest BCUT2D eigenvalue weighted by Gasteiger charge is -2.29. The molecule has 0 unspecified atom stereocenters. The summed E-state index contributed by atoms with van der Waals surface area (Å²) in [5.74, 6) is -1.37. The Kier molecular flexibility index (Phi) is 9.05. The van der Waals surface area contributed by atoms with Crippen LogP contribution in [-0.4, -0.2) is 34.9 Å². The van der Waals surface area contributed by atoms with Gasteiger partial charge in [-0.1, -0.05) is 41.9 Å². The molecule has 0 spiro atoms. The number of carbonyl (C=O) groups excluding carboxylic acids is 2. The van der Waals surface area contributed by atoms with E-state index in [0.29, 0.717) is 0 Å². The second kappa shape index (κ2) is 10.8. The van der Waals surface area contributed by atoms with Crippen molar-refractivity contribution in [1.82, 2.24) is 9.78 Å². The lowest BCUT2D eigenvalue weighted by atomic mass is 9.90. The van der Waals surface area contributed by atoms with Crippen LogP contribution < -0.4 is 0 Å². The molecule has 6 nitrogen and oxygen atoms in total. The van der Waals surface area contributed by atoms with Crippen molar-refractivity contribution in [2.24, 2.45) is 0 Å². The molecule has 0 aliphatic heterocycles. The molecule has 0 amide bonds. The summed E-state index contributed by atoms with van der Waals surface area (Å²) in [4.78, 5) is 25.5. The molecule has 0 saturated carbocycles. The average Bonchev–Trinajstić information content (AvgIpc) is 3.18. The first kappa shape index (κ1) is 21.9. The number of hydrogen-bond donors (Lipinski definition) is 0. The third kappa shape index (κ3) is 4.94. The minimum absolute atomic E-state index is 0.0830. The van der Waals surface area contributed by atoms with E-state index in [1.165, 1.54) is 10.9 Å². The minimum atomic E-state index is -1.69. The van der Waals surface area contributed by atoms with Crippen molar-refractivity contribution < 1.29 is 19.1 Å². The highest BCUT2D eigenvalue weighted by molar-refractivity contribution is 9.10. The lowest BCUT2D eigenvalue weighted by Crippen LogP contribution is -2.53. The lowest BCUT2D eigenvalue weighted by molar-refractivity contribution is -0.171. The van der Waals surface area contributed by atoms with Gasteiger partial charge in [0.2, 0.25) is 0 Å². The van der Waals surface area contributed by atoms with Gasteiger partial charge in [-0.15, -0.1) is 0 Å². The monoisotopic (exact) mass is 424 g/mol.